The zero-order valence-corrected chi connectivity index (χ0v) is 11.5. The first-order chi connectivity index (χ1) is 10.1. The Bertz CT molecular complexity index is 640. The molecule has 0 radical (unpaired) electrons. The van der Waals surface area contributed by atoms with Crippen molar-refractivity contribution in [2.75, 3.05) is 14.2 Å². The number of carbonyl (C=O) groups is 2. The summed E-state index contributed by atoms with van der Waals surface area (Å²) in [6.07, 6.45) is 5.60. The molecule has 21 heavy (non-hydrogen) atoms. The van der Waals surface area contributed by atoms with E-state index >= 15 is 0 Å². The van der Waals surface area contributed by atoms with Gasteiger partial charge in [-0.05, 0) is 42.5 Å². The van der Waals surface area contributed by atoms with Gasteiger partial charge in [-0.15, -0.1) is 0 Å². The Morgan fingerprint density at radius 1 is 1.00 bits per heavy atom. The molecular formula is C15H13NO5. The molecule has 0 heterocycles. The number of ether oxygens (including phenoxy) is 2. The molecule has 0 amide bonds. The minimum atomic E-state index is -0.637. The minimum absolute atomic E-state index is 0.139. The van der Waals surface area contributed by atoms with Crippen molar-refractivity contribution in [1.82, 2.24) is 0 Å². The van der Waals surface area contributed by atoms with Gasteiger partial charge < -0.3 is 14.3 Å². The number of ketones is 1. The number of methoxy groups -OCH3 is 2. The number of oxime groups is 1. The van der Waals surface area contributed by atoms with E-state index in [0.717, 1.165) is 0 Å². The number of rotatable bonds is 4. The van der Waals surface area contributed by atoms with Gasteiger partial charge in [-0.25, -0.2) is 4.79 Å². The number of allylic oxidation sites excluding steroid dienone is 4. The summed E-state index contributed by atoms with van der Waals surface area (Å²) < 4.78 is 10.2. The van der Waals surface area contributed by atoms with E-state index in [2.05, 4.69) is 5.16 Å². The van der Waals surface area contributed by atoms with Gasteiger partial charge >= 0.3 is 5.97 Å². The number of hydrogen-bond donors (Lipinski definition) is 0. The van der Waals surface area contributed by atoms with Crippen molar-refractivity contribution in [3.05, 3.63) is 48.1 Å². The van der Waals surface area contributed by atoms with E-state index in [1.165, 1.54) is 44.6 Å². The summed E-state index contributed by atoms with van der Waals surface area (Å²) in [6, 6.07) is 4.64. The number of hydrogen-bond acceptors (Lipinski definition) is 6. The number of carbonyl (C=O) groups excluding carboxylic acids is 2. The zero-order valence-electron chi connectivity index (χ0n) is 11.5. The van der Waals surface area contributed by atoms with Gasteiger partial charge in [-0.2, -0.15) is 0 Å². The number of benzene rings is 1. The molecule has 1 aliphatic rings. The molecule has 0 aromatic heterocycles. The average molecular weight is 287 g/mol. The monoisotopic (exact) mass is 287 g/mol. The average Bonchev–Trinajstić information content (AvgIpc) is 2.53. The summed E-state index contributed by atoms with van der Waals surface area (Å²) in [4.78, 5) is 27.6. The molecule has 0 saturated carbocycles. The molecule has 108 valence electrons. The lowest BCUT2D eigenvalue weighted by Crippen LogP contribution is -2.05. The predicted molar refractivity (Wildman–Crippen MR) is 75.7 cm³/mol. The Labute approximate surface area is 121 Å². The molecule has 2 rings (SSSR count). The van der Waals surface area contributed by atoms with Crippen LogP contribution in [0.25, 0.3) is 0 Å². The van der Waals surface area contributed by atoms with E-state index in [0.29, 0.717) is 17.2 Å². The third-order valence-corrected chi connectivity index (χ3v) is 2.69. The fourth-order valence-electron chi connectivity index (χ4n) is 1.62. The van der Waals surface area contributed by atoms with Crippen LogP contribution in [0.15, 0.2) is 47.7 Å². The molecule has 0 N–H and O–H groups in total. The van der Waals surface area contributed by atoms with Gasteiger partial charge in [0.25, 0.3) is 0 Å². The van der Waals surface area contributed by atoms with Gasteiger partial charge in [-0.1, -0.05) is 5.16 Å². The highest BCUT2D eigenvalue weighted by molar-refractivity contribution is 6.16. The van der Waals surface area contributed by atoms with Crippen LogP contribution in [-0.2, 0) is 9.63 Å². The van der Waals surface area contributed by atoms with Crippen LogP contribution in [-0.4, -0.2) is 31.7 Å². The van der Waals surface area contributed by atoms with Crippen molar-refractivity contribution >= 4 is 17.5 Å². The molecule has 6 heteroatoms. The molecule has 0 saturated heterocycles. The highest BCUT2D eigenvalue weighted by Gasteiger charge is 2.12. The zero-order chi connectivity index (χ0) is 15.2. The highest BCUT2D eigenvalue weighted by atomic mass is 16.7. The highest BCUT2D eigenvalue weighted by Crippen LogP contribution is 2.27. The Hall–Kier alpha value is -2.89. The molecule has 0 fully saturated rings. The maximum Gasteiger partial charge on any atom is 0.365 e. The van der Waals surface area contributed by atoms with E-state index in [4.69, 9.17) is 14.3 Å². The van der Waals surface area contributed by atoms with E-state index in [9.17, 15) is 9.59 Å². The van der Waals surface area contributed by atoms with Crippen molar-refractivity contribution in [3.8, 4) is 11.5 Å². The van der Waals surface area contributed by atoms with Gasteiger partial charge in [0.15, 0.2) is 17.3 Å². The summed E-state index contributed by atoms with van der Waals surface area (Å²) in [6.45, 7) is 0. The van der Waals surface area contributed by atoms with Crippen LogP contribution >= 0.6 is 0 Å². The van der Waals surface area contributed by atoms with Crippen molar-refractivity contribution in [2.24, 2.45) is 5.16 Å². The van der Waals surface area contributed by atoms with E-state index < -0.39 is 5.97 Å². The molecule has 0 atom stereocenters. The predicted octanol–water partition coefficient (Wildman–Crippen LogP) is 1.91. The summed E-state index contributed by atoms with van der Waals surface area (Å²) in [5.74, 6) is 0.155. The van der Waals surface area contributed by atoms with Crippen LogP contribution in [0.2, 0.25) is 0 Å². The quantitative estimate of drug-likeness (QED) is 0.480. The molecule has 0 unspecified atom stereocenters. The second-order valence-electron chi connectivity index (χ2n) is 4.03. The first kappa shape index (κ1) is 14.5. The maximum atomic E-state index is 11.9. The van der Waals surface area contributed by atoms with Crippen LogP contribution < -0.4 is 9.47 Å². The second kappa shape index (κ2) is 6.51. The molecule has 0 spiro atoms. The summed E-state index contributed by atoms with van der Waals surface area (Å²) in [5, 5.41) is 3.66. The van der Waals surface area contributed by atoms with Crippen LogP contribution in [0, 0.1) is 0 Å². The van der Waals surface area contributed by atoms with Crippen LogP contribution in [0.3, 0.4) is 0 Å². The smallest absolute Gasteiger partial charge is 0.365 e. The molecule has 0 aliphatic heterocycles. The van der Waals surface area contributed by atoms with Crippen molar-refractivity contribution in [1.29, 1.82) is 0 Å². The molecular weight excluding hydrogens is 274 g/mol. The van der Waals surface area contributed by atoms with Crippen molar-refractivity contribution in [3.63, 3.8) is 0 Å². The first-order valence-electron chi connectivity index (χ1n) is 6.05. The summed E-state index contributed by atoms with van der Waals surface area (Å²) >= 11 is 0. The lowest BCUT2D eigenvalue weighted by Gasteiger charge is -2.08. The molecule has 6 nitrogen and oxygen atoms in total. The van der Waals surface area contributed by atoms with Crippen molar-refractivity contribution in [2.45, 2.75) is 0 Å². The summed E-state index contributed by atoms with van der Waals surface area (Å²) in [7, 11) is 2.98. The Kier molecular flexibility index (Phi) is 4.50. The normalized spacial score (nSPS) is 13.0. The van der Waals surface area contributed by atoms with Gasteiger partial charge in [0.05, 0.1) is 19.8 Å². The van der Waals surface area contributed by atoms with Crippen molar-refractivity contribution < 1.29 is 23.9 Å². The molecule has 0 bridgehead atoms. The van der Waals surface area contributed by atoms with Gasteiger partial charge in [-0.3, -0.25) is 4.79 Å². The van der Waals surface area contributed by atoms with E-state index in [1.807, 2.05) is 0 Å². The molecule has 1 aromatic rings. The van der Waals surface area contributed by atoms with Crippen LogP contribution in [0.5, 0.6) is 11.5 Å². The van der Waals surface area contributed by atoms with Crippen LogP contribution in [0.1, 0.15) is 10.4 Å². The minimum Gasteiger partial charge on any atom is -0.493 e. The molecule has 1 aliphatic carbocycles. The lowest BCUT2D eigenvalue weighted by atomic mass is 10.2. The Morgan fingerprint density at radius 2 is 1.67 bits per heavy atom. The second-order valence-corrected chi connectivity index (χ2v) is 4.03. The third-order valence-electron chi connectivity index (χ3n) is 2.69. The van der Waals surface area contributed by atoms with E-state index in [1.54, 1.807) is 12.1 Å². The van der Waals surface area contributed by atoms with Crippen LogP contribution in [0.4, 0.5) is 0 Å². The SMILES string of the molecule is COc1ccc(C(=O)ON=C2C=CC(=O)C=C2)cc1OC. The Morgan fingerprint density at radius 3 is 2.29 bits per heavy atom. The van der Waals surface area contributed by atoms with Gasteiger partial charge in [0, 0.05) is 0 Å². The van der Waals surface area contributed by atoms with Gasteiger partial charge in [0.1, 0.15) is 5.71 Å². The van der Waals surface area contributed by atoms with Gasteiger partial charge in [0.2, 0.25) is 0 Å². The summed E-state index contributed by atoms with van der Waals surface area (Å²) in [5.41, 5.74) is 0.653. The standard InChI is InChI=1S/C15H13NO5/c1-19-13-8-3-10(9-14(13)20-2)15(18)21-16-11-4-6-12(17)7-5-11/h3-9H,1-2H3. The number of nitrogens with zero attached hydrogens (tertiary/aromatic N) is 1. The third kappa shape index (κ3) is 3.56. The fourth-order valence-corrected chi connectivity index (χ4v) is 1.62. The maximum absolute atomic E-state index is 11.9. The first-order valence-corrected chi connectivity index (χ1v) is 6.05. The lowest BCUT2D eigenvalue weighted by molar-refractivity contribution is -0.110. The largest absolute Gasteiger partial charge is 0.493 e. The topological polar surface area (TPSA) is 74.2 Å². The fraction of sp³-hybridized carbons (Fsp3) is 0.133. The molecule has 1 aromatic carbocycles. The van der Waals surface area contributed by atoms with E-state index in [-0.39, 0.29) is 11.3 Å². The Balaban J connectivity index is 2.10.